The molecule has 27 heavy (non-hydrogen) atoms. The van der Waals surface area contributed by atoms with E-state index in [1.54, 1.807) is 0 Å². The fourth-order valence-electron chi connectivity index (χ4n) is 5.31. The van der Waals surface area contributed by atoms with Crippen molar-refractivity contribution in [3.8, 4) is 0 Å². The van der Waals surface area contributed by atoms with Gasteiger partial charge in [0.15, 0.2) is 0 Å². The van der Waals surface area contributed by atoms with Crippen molar-refractivity contribution in [2.45, 2.75) is 64.2 Å². The van der Waals surface area contributed by atoms with E-state index in [1.165, 1.54) is 5.56 Å². The third kappa shape index (κ3) is 2.30. The topological polar surface area (TPSA) is 61.4 Å². The second-order valence-electron chi connectivity index (χ2n) is 9.15. The summed E-state index contributed by atoms with van der Waals surface area (Å²) in [6.45, 7) is 12.5. The highest BCUT2D eigenvalue weighted by atomic mass is 16.2. The molecule has 0 radical (unpaired) electrons. The lowest BCUT2D eigenvalue weighted by Gasteiger charge is -2.44. The van der Waals surface area contributed by atoms with E-state index in [0.29, 0.717) is 18.8 Å². The maximum absolute atomic E-state index is 13.4. The number of amides is 2. The van der Waals surface area contributed by atoms with Gasteiger partial charge >= 0.3 is 0 Å². The highest BCUT2D eigenvalue weighted by Gasteiger charge is 2.67. The molecule has 5 heteroatoms. The summed E-state index contributed by atoms with van der Waals surface area (Å²) in [4.78, 5) is 28.2. The number of nitrogens with one attached hydrogen (secondary N) is 2. The van der Waals surface area contributed by atoms with Crippen LogP contribution < -0.4 is 10.6 Å². The molecule has 4 atom stereocenters. The van der Waals surface area contributed by atoms with Gasteiger partial charge in [-0.25, -0.2) is 0 Å². The van der Waals surface area contributed by atoms with Gasteiger partial charge in [-0.05, 0) is 35.8 Å². The molecule has 4 rings (SSSR count). The smallest absolute Gasteiger partial charge is 0.247 e. The number of fused-ring (bicyclic) bond motifs is 5. The van der Waals surface area contributed by atoms with Gasteiger partial charge < -0.3 is 15.5 Å². The van der Waals surface area contributed by atoms with Crippen molar-refractivity contribution in [1.82, 2.24) is 10.2 Å². The number of hydrogen-bond acceptors (Lipinski definition) is 3. The van der Waals surface area contributed by atoms with E-state index in [9.17, 15) is 9.59 Å². The van der Waals surface area contributed by atoms with Gasteiger partial charge in [0, 0.05) is 11.1 Å². The predicted octanol–water partition coefficient (Wildman–Crippen LogP) is 3.03. The summed E-state index contributed by atoms with van der Waals surface area (Å²) in [7, 11) is 0. The molecule has 0 aliphatic carbocycles. The van der Waals surface area contributed by atoms with Gasteiger partial charge in [-0.1, -0.05) is 52.0 Å². The van der Waals surface area contributed by atoms with Crippen molar-refractivity contribution < 1.29 is 9.59 Å². The number of allylic oxidation sites excluding steroid dienone is 1. The molecule has 2 saturated heterocycles. The Hall–Kier alpha value is -2.30. The quantitative estimate of drug-likeness (QED) is 0.804. The average Bonchev–Trinajstić information content (AvgIpc) is 3.12. The Morgan fingerprint density at radius 2 is 2.00 bits per heavy atom. The van der Waals surface area contributed by atoms with Gasteiger partial charge in [0.25, 0.3) is 0 Å². The van der Waals surface area contributed by atoms with Crippen LogP contribution in [0.15, 0.2) is 36.9 Å². The van der Waals surface area contributed by atoms with Crippen molar-refractivity contribution in [3.63, 3.8) is 0 Å². The van der Waals surface area contributed by atoms with Crippen LogP contribution in [0, 0.1) is 11.3 Å². The number of rotatable bonds is 4. The number of carbonyl (C=O) groups excluding carboxylic acids is 2. The number of carbonyl (C=O) groups is 2. The molecule has 0 unspecified atom stereocenters. The number of benzene rings is 1. The molecule has 0 spiro atoms. The summed E-state index contributed by atoms with van der Waals surface area (Å²) < 4.78 is 0. The van der Waals surface area contributed by atoms with Crippen molar-refractivity contribution in [2.75, 3.05) is 5.32 Å². The Kier molecular flexibility index (Phi) is 3.92. The number of anilines is 1. The third-order valence-corrected chi connectivity index (χ3v) is 6.83. The fraction of sp³-hybridized carbons (Fsp3) is 0.545. The van der Waals surface area contributed by atoms with Gasteiger partial charge in [-0.15, -0.1) is 6.58 Å². The van der Waals surface area contributed by atoms with Crippen LogP contribution in [-0.4, -0.2) is 35.0 Å². The highest BCUT2D eigenvalue weighted by Crippen LogP contribution is 2.60. The summed E-state index contributed by atoms with van der Waals surface area (Å²) in [6, 6.07) is 7.34. The molecule has 3 aliphatic rings. The van der Waals surface area contributed by atoms with Crippen LogP contribution in [0.4, 0.5) is 5.69 Å². The van der Waals surface area contributed by atoms with Crippen LogP contribution >= 0.6 is 0 Å². The SMILES string of the molecule is C=CC(C)(C)[C@@]12C[C@H]3C(=O)N[C@H](CC(C)C)C(=O)N3[C@@H]1Nc1ccccc12. The standard InChI is InChI=1S/C22H29N3O2/c1-6-21(4,5)22-12-17-18(26)23-16(11-13(2)3)19(27)25(17)20(22)24-15-10-8-7-9-14(15)22/h6-10,13,16-17,20,24H,1,11-12H2,2-5H3,(H,23,26)/t16-,17+,20+,22-/m1/s1. The molecular weight excluding hydrogens is 338 g/mol. The minimum atomic E-state index is -0.443. The molecule has 1 aromatic rings. The lowest BCUT2D eigenvalue weighted by molar-refractivity contribution is -0.149. The summed E-state index contributed by atoms with van der Waals surface area (Å²) >= 11 is 0. The molecule has 144 valence electrons. The van der Waals surface area contributed by atoms with Gasteiger partial charge in [0.1, 0.15) is 18.2 Å². The predicted molar refractivity (Wildman–Crippen MR) is 106 cm³/mol. The summed E-state index contributed by atoms with van der Waals surface area (Å²) in [5.74, 6) is 0.329. The van der Waals surface area contributed by atoms with E-state index >= 15 is 0 Å². The van der Waals surface area contributed by atoms with E-state index in [0.717, 1.165) is 5.69 Å². The monoisotopic (exact) mass is 367 g/mol. The average molecular weight is 367 g/mol. The Balaban J connectivity index is 1.84. The number of nitrogens with zero attached hydrogens (tertiary/aromatic N) is 1. The molecule has 2 amide bonds. The Labute approximate surface area is 161 Å². The maximum atomic E-state index is 13.4. The minimum absolute atomic E-state index is 0.0281. The van der Waals surface area contributed by atoms with Crippen LogP contribution in [0.1, 0.15) is 46.1 Å². The number of hydrogen-bond donors (Lipinski definition) is 2. The van der Waals surface area contributed by atoms with E-state index in [1.807, 2.05) is 23.1 Å². The second kappa shape index (κ2) is 5.85. The highest BCUT2D eigenvalue weighted by molar-refractivity contribution is 5.99. The van der Waals surface area contributed by atoms with Crippen LogP contribution in [0.3, 0.4) is 0 Å². The Morgan fingerprint density at radius 1 is 1.30 bits per heavy atom. The van der Waals surface area contributed by atoms with Crippen LogP contribution in [0.5, 0.6) is 0 Å². The summed E-state index contributed by atoms with van der Waals surface area (Å²) in [6.07, 6.45) is 3.00. The molecular formula is C22H29N3O2. The van der Waals surface area contributed by atoms with Crippen LogP contribution in [0.2, 0.25) is 0 Å². The van der Waals surface area contributed by atoms with Gasteiger partial charge in [0.05, 0.1) is 0 Å². The van der Waals surface area contributed by atoms with Gasteiger partial charge in [0.2, 0.25) is 11.8 Å². The first-order chi connectivity index (χ1) is 12.7. The Bertz CT molecular complexity index is 816. The zero-order valence-corrected chi connectivity index (χ0v) is 16.6. The fourth-order valence-corrected chi connectivity index (χ4v) is 5.31. The molecule has 3 heterocycles. The molecule has 0 bridgehead atoms. The maximum Gasteiger partial charge on any atom is 0.247 e. The first kappa shape index (κ1) is 18.1. The Morgan fingerprint density at radius 3 is 2.67 bits per heavy atom. The van der Waals surface area contributed by atoms with Gasteiger partial charge in [-0.3, -0.25) is 9.59 Å². The van der Waals surface area contributed by atoms with Crippen molar-refractivity contribution in [3.05, 3.63) is 42.5 Å². The van der Waals surface area contributed by atoms with E-state index < -0.39 is 12.1 Å². The normalized spacial score (nSPS) is 31.9. The molecule has 1 aromatic carbocycles. The van der Waals surface area contributed by atoms with Crippen LogP contribution in [-0.2, 0) is 15.0 Å². The first-order valence-corrected chi connectivity index (χ1v) is 9.85. The van der Waals surface area contributed by atoms with Gasteiger partial charge in [-0.2, -0.15) is 0 Å². The molecule has 0 saturated carbocycles. The zero-order valence-electron chi connectivity index (χ0n) is 16.6. The number of piperazine rings is 1. The molecule has 0 aromatic heterocycles. The van der Waals surface area contributed by atoms with E-state index in [4.69, 9.17) is 0 Å². The summed E-state index contributed by atoms with van der Waals surface area (Å²) in [5, 5.41) is 6.56. The van der Waals surface area contributed by atoms with Crippen molar-refractivity contribution >= 4 is 17.5 Å². The minimum Gasteiger partial charge on any atom is -0.364 e. The third-order valence-electron chi connectivity index (χ3n) is 6.83. The molecule has 2 N–H and O–H groups in total. The van der Waals surface area contributed by atoms with E-state index in [2.05, 4.69) is 57.0 Å². The van der Waals surface area contributed by atoms with Crippen molar-refractivity contribution in [2.24, 2.45) is 11.3 Å². The van der Waals surface area contributed by atoms with E-state index in [-0.39, 0.29) is 28.8 Å². The lowest BCUT2D eigenvalue weighted by atomic mass is 9.60. The van der Waals surface area contributed by atoms with Crippen LogP contribution in [0.25, 0.3) is 0 Å². The second-order valence-corrected chi connectivity index (χ2v) is 9.15. The molecule has 3 aliphatic heterocycles. The molecule has 2 fully saturated rings. The number of para-hydroxylation sites is 1. The zero-order chi connectivity index (χ0) is 19.6. The molecule has 5 nitrogen and oxygen atoms in total. The first-order valence-electron chi connectivity index (χ1n) is 9.85. The summed E-state index contributed by atoms with van der Waals surface area (Å²) in [5.41, 5.74) is 1.56. The lowest BCUT2D eigenvalue weighted by Crippen LogP contribution is -2.64. The van der Waals surface area contributed by atoms with Crippen molar-refractivity contribution in [1.29, 1.82) is 0 Å². The largest absolute Gasteiger partial charge is 0.364 e.